The van der Waals surface area contributed by atoms with E-state index in [2.05, 4.69) is 5.32 Å². The van der Waals surface area contributed by atoms with E-state index in [1.54, 1.807) is 12.1 Å². The molecule has 8 heteroatoms. The van der Waals surface area contributed by atoms with Gasteiger partial charge in [0.1, 0.15) is 5.82 Å². The quantitative estimate of drug-likeness (QED) is 0.573. The van der Waals surface area contributed by atoms with Crippen LogP contribution in [0, 0.1) is 6.92 Å². The predicted molar refractivity (Wildman–Crippen MR) is 118 cm³/mol. The van der Waals surface area contributed by atoms with Crippen LogP contribution in [0.4, 0.5) is 11.5 Å². The van der Waals surface area contributed by atoms with E-state index in [1.165, 1.54) is 0 Å². The first-order valence-corrected chi connectivity index (χ1v) is 11.5. The van der Waals surface area contributed by atoms with Crippen molar-refractivity contribution in [2.45, 2.75) is 24.5 Å². The molecule has 2 aromatic carbocycles. The summed E-state index contributed by atoms with van der Waals surface area (Å²) in [5, 5.41) is 23.0. The van der Waals surface area contributed by atoms with Crippen LogP contribution in [0.5, 0.6) is 0 Å². The maximum Gasteiger partial charge on any atom is 0.180 e. The second-order valence-electron chi connectivity index (χ2n) is 7.61. The summed E-state index contributed by atoms with van der Waals surface area (Å²) in [5.74, 6) is 0.683. The highest BCUT2D eigenvalue weighted by Crippen LogP contribution is 2.31. The van der Waals surface area contributed by atoms with Crippen LogP contribution in [0.2, 0.25) is 0 Å². The van der Waals surface area contributed by atoms with E-state index in [1.807, 2.05) is 48.2 Å². The fourth-order valence-corrected chi connectivity index (χ4v) is 5.18. The van der Waals surface area contributed by atoms with E-state index >= 15 is 0 Å². The normalized spacial score (nSPS) is 16.7. The van der Waals surface area contributed by atoms with Crippen molar-refractivity contribution in [1.29, 1.82) is 0 Å². The number of nitrogens with zero attached hydrogens (tertiary/aromatic N) is 2. The molecule has 7 nitrogen and oxygen atoms in total. The molecule has 3 N–H and O–H groups in total. The number of anilines is 2. The molecule has 0 unspecified atom stereocenters. The van der Waals surface area contributed by atoms with Crippen LogP contribution in [-0.4, -0.2) is 55.2 Å². The molecule has 0 saturated carbocycles. The Balaban J connectivity index is 1.76. The first-order chi connectivity index (χ1) is 14.4. The third-order valence-corrected chi connectivity index (χ3v) is 7.10. The minimum atomic E-state index is -3.35. The minimum Gasteiger partial charge on any atom is -0.394 e. The lowest BCUT2D eigenvalue weighted by molar-refractivity contribution is 0.105. The van der Waals surface area contributed by atoms with Crippen molar-refractivity contribution in [2.75, 3.05) is 35.7 Å². The van der Waals surface area contributed by atoms with Crippen LogP contribution in [-0.2, 0) is 16.4 Å². The lowest BCUT2D eigenvalue weighted by Gasteiger charge is -2.23. The number of nitrogens with one attached hydrogen (secondary N) is 1. The van der Waals surface area contributed by atoms with Crippen molar-refractivity contribution in [3.63, 3.8) is 0 Å². The first kappa shape index (κ1) is 20.6. The lowest BCUT2D eigenvalue weighted by Crippen LogP contribution is -2.27. The maximum atomic E-state index is 12.7. The topological polar surface area (TPSA) is 103 Å². The van der Waals surface area contributed by atoms with Gasteiger partial charge in [-0.25, -0.2) is 13.4 Å². The Morgan fingerprint density at radius 2 is 2.00 bits per heavy atom. The second-order valence-corrected chi connectivity index (χ2v) is 9.69. The highest BCUT2D eigenvalue weighted by atomic mass is 32.2. The van der Waals surface area contributed by atoms with Gasteiger partial charge in [-0.1, -0.05) is 29.8 Å². The zero-order chi connectivity index (χ0) is 21.3. The molecule has 0 saturated heterocycles. The summed E-state index contributed by atoms with van der Waals surface area (Å²) >= 11 is 0. The van der Waals surface area contributed by atoms with Crippen molar-refractivity contribution in [1.82, 2.24) is 4.98 Å². The third kappa shape index (κ3) is 4.12. The van der Waals surface area contributed by atoms with Gasteiger partial charge in [0.25, 0.3) is 0 Å². The van der Waals surface area contributed by atoms with Crippen molar-refractivity contribution in [2.24, 2.45) is 0 Å². The predicted octanol–water partition coefficient (Wildman–Crippen LogP) is 2.10. The molecule has 0 aliphatic carbocycles. The Labute approximate surface area is 175 Å². The van der Waals surface area contributed by atoms with E-state index < -0.39 is 15.9 Å². The van der Waals surface area contributed by atoms with Gasteiger partial charge in [0.2, 0.25) is 0 Å². The molecule has 0 fully saturated rings. The number of aliphatic hydroxyl groups is 2. The number of benzene rings is 2. The van der Waals surface area contributed by atoms with Gasteiger partial charge in [0.15, 0.2) is 9.84 Å². The molecule has 1 aromatic heterocycles. The van der Waals surface area contributed by atoms with Gasteiger partial charge in [-0.15, -0.1) is 0 Å². The van der Waals surface area contributed by atoms with Crippen LogP contribution >= 0.6 is 0 Å². The van der Waals surface area contributed by atoms with Crippen LogP contribution in [0.25, 0.3) is 10.9 Å². The van der Waals surface area contributed by atoms with Crippen LogP contribution in [0.1, 0.15) is 11.1 Å². The van der Waals surface area contributed by atoms with Gasteiger partial charge in [-0.2, -0.15) is 0 Å². The van der Waals surface area contributed by atoms with E-state index in [0.29, 0.717) is 23.8 Å². The molecule has 0 amide bonds. The van der Waals surface area contributed by atoms with Gasteiger partial charge in [0.05, 0.1) is 28.9 Å². The van der Waals surface area contributed by atoms with Crippen molar-refractivity contribution >= 4 is 32.2 Å². The highest BCUT2D eigenvalue weighted by Gasteiger charge is 2.26. The number of fused-ring (bicyclic) bond motifs is 2. The summed E-state index contributed by atoms with van der Waals surface area (Å²) in [4.78, 5) is 7.14. The average molecular weight is 428 g/mol. The smallest absolute Gasteiger partial charge is 0.180 e. The Kier molecular flexibility index (Phi) is 5.64. The first-order valence-electron chi connectivity index (χ1n) is 9.87. The van der Waals surface area contributed by atoms with Crippen molar-refractivity contribution in [3.05, 3.63) is 59.7 Å². The minimum absolute atomic E-state index is 0.0175. The Morgan fingerprint density at radius 3 is 2.80 bits per heavy atom. The average Bonchev–Trinajstić information content (AvgIpc) is 2.88. The molecule has 0 bridgehead atoms. The Hall–Kier alpha value is -2.68. The molecule has 1 aliphatic heterocycles. The second kappa shape index (κ2) is 8.22. The molecule has 0 spiro atoms. The van der Waals surface area contributed by atoms with Gasteiger partial charge in [-0.3, -0.25) is 0 Å². The number of rotatable bonds is 5. The molecule has 2 heterocycles. The standard InChI is InChI=1S/C22H25N3O4S/c1-15-6-7-19-18(10-15)20(23-12-17(27)14-26)11-22(24-19)25-8-9-30(28,29)21-5-3-2-4-16(21)13-25/h2-7,10-11,17,26-27H,8-9,12-14H2,1H3,(H,23,24)/t17-/m0/s1. The largest absolute Gasteiger partial charge is 0.394 e. The number of aryl methyl sites for hydroxylation is 1. The lowest BCUT2D eigenvalue weighted by atomic mass is 10.1. The molecule has 1 aliphatic rings. The number of hydrogen-bond donors (Lipinski definition) is 3. The molecule has 30 heavy (non-hydrogen) atoms. The van der Waals surface area contributed by atoms with Crippen molar-refractivity contribution < 1.29 is 18.6 Å². The molecular weight excluding hydrogens is 402 g/mol. The summed E-state index contributed by atoms with van der Waals surface area (Å²) in [6.45, 7) is 2.64. The van der Waals surface area contributed by atoms with Crippen molar-refractivity contribution in [3.8, 4) is 0 Å². The van der Waals surface area contributed by atoms with Crippen LogP contribution in [0.3, 0.4) is 0 Å². The fourth-order valence-electron chi connectivity index (χ4n) is 3.68. The zero-order valence-corrected chi connectivity index (χ0v) is 17.6. The summed E-state index contributed by atoms with van der Waals surface area (Å²) in [5.41, 5.74) is 3.40. The Morgan fingerprint density at radius 1 is 1.20 bits per heavy atom. The van der Waals surface area contributed by atoms with Gasteiger partial charge in [0, 0.05) is 36.8 Å². The number of aliphatic hydroxyl groups excluding tert-OH is 2. The molecule has 1 atom stereocenters. The summed E-state index contributed by atoms with van der Waals surface area (Å²) in [6.07, 6.45) is -0.878. The third-order valence-electron chi connectivity index (χ3n) is 5.31. The SMILES string of the molecule is Cc1ccc2nc(N3CCS(=O)(=O)c4ccccc4C3)cc(NC[C@H](O)CO)c2c1. The van der Waals surface area contributed by atoms with E-state index in [9.17, 15) is 13.5 Å². The maximum absolute atomic E-state index is 12.7. The van der Waals surface area contributed by atoms with Crippen LogP contribution < -0.4 is 10.2 Å². The number of hydrogen-bond acceptors (Lipinski definition) is 7. The summed E-state index contributed by atoms with van der Waals surface area (Å²) in [6, 6.07) is 14.9. The number of sulfone groups is 1. The van der Waals surface area contributed by atoms with E-state index in [-0.39, 0.29) is 18.9 Å². The molecule has 0 radical (unpaired) electrons. The molecule has 3 aromatic rings. The summed E-state index contributed by atoms with van der Waals surface area (Å²) in [7, 11) is -3.35. The highest BCUT2D eigenvalue weighted by molar-refractivity contribution is 7.91. The van der Waals surface area contributed by atoms with Gasteiger partial charge >= 0.3 is 0 Å². The molecule has 158 valence electrons. The monoisotopic (exact) mass is 427 g/mol. The molecule has 4 rings (SSSR count). The Bertz CT molecular complexity index is 1180. The van der Waals surface area contributed by atoms with Crippen LogP contribution in [0.15, 0.2) is 53.4 Å². The number of aromatic nitrogens is 1. The van der Waals surface area contributed by atoms with E-state index in [4.69, 9.17) is 10.1 Å². The summed E-state index contributed by atoms with van der Waals surface area (Å²) < 4.78 is 25.4. The van der Waals surface area contributed by atoms with Gasteiger partial charge < -0.3 is 20.4 Å². The molecular formula is C22H25N3O4S. The van der Waals surface area contributed by atoms with Gasteiger partial charge in [-0.05, 0) is 30.7 Å². The fraction of sp³-hybridized carbons (Fsp3) is 0.318. The number of pyridine rings is 1. The zero-order valence-electron chi connectivity index (χ0n) is 16.7. The van der Waals surface area contributed by atoms with E-state index in [0.717, 1.165) is 27.7 Å².